The second-order valence-corrected chi connectivity index (χ2v) is 3.90. The normalized spacial score (nSPS) is 10.2. The van der Waals surface area contributed by atoms with Crippen molar-refractivity contribution in [2.45, 2.75) is 0 Å². The van der Waals surface area contributed by atoms with Crippen molar-refractivity contribution in [3.8, 4) is 17.0 Å². The van der Waals surface area contributed by atoms with Gasteiger partial charge < -0.3 is 4.74 Å². The minimum atomic E-state index is -0.333. The predicted octanol–water partition coefficient (Wildman–Crippen LogP) is 3.05. The summed E-state index contributed by atoms with van der Waals surface area (Å²) in [7, 11) is 1.53. The lowest BCUT2D eigenvalue weighted by Gasteiger charge is -2.07. The molecule has 1 aromatic heterocycles. The third-order valence-corrected chi connectivity index (χ3v) is 2.49. The van der Waals surface area contributed by atoms with E-state index in [0.29, 0.717) is 21.6 Å². The molecular formula is C11H8BrFN2O. The molecule has 0 amide bonds. The number of hydrogen-bond acceptors (Lipinski definition) is 3. The van der Waals surface area contributed by atoms with Gasteiger partial charge in [-0.1, -0.05) is 0 Å². The fourth-order valence-corrected chi connectivity index (χ4v) is 1.55. The highest BCUT2D eigenvalue weighted by Crippen LogP contribution is 2.28. The van der Waals surface area contributed by atoms with Gasteiger partial charge in [0.15, 0.2) is 0 Å². The first kappa shape index (κ1) is 11.0. The maximum Gasteiger partial charge on any atom is 0.128 e. The fourth-order valence-electron chi connectivity index (χ4n) is 1.34. The van der Waals surface area contributed by atoms with Crippen LogP contribution in [0, 0.1) is 5.82 Å². The molecule has 0 aliphatic heterocycles. The molecule has 0 radical (unpaired) electrons. The molecule has 2 aromatic rings. The summed E-state index contributed by atoms with van der Waals surface area (Å²) in [6, 6.07) is 7.76. The van der Waals surface area contributed by atoms with Crippen LogP contribution in [0.2, 0.25) is 0 Å². The highest BCUT2D eigenvalue weighted by atomic mass is 79.9. The summed E-state index contributed by atoms with van der Waals surface area (Å²) in [6.45, 7) is 0. The summed E-state index contributed by atoms with van der Waals surface area (Å²) in [4.78, 5) is 0. The molecule has 82 valence electrons. The van der Waals surface area contributed by atoms with Crippen molar-refractivity contribution in [3.63, 3.8) is 0 Å². The van der Waals surface area contributed by atoms with Gasteiger partial charge in [-0.25, -0.2) is 4.39 Å². The lowest BCUT2D eigenvalue weighted by Crippen LogP contribution is -1.92. The molecule has 0 saturated heterocycles. The Hall–Kier alpha value is -1.49. The second-order valence-electron chi connectivity index (χ2n) is 3.09. The number of ether oxygens (including phenoxy) is 1. The SMILES string of the molecule is COc1ccc(F)cc1-c1ccc(Br)nn1. The van der Waals surface area contributed by atoms with Crippen LogP contribution in [0.4, 0.5) is 4.39 Å². The maximum atomic E-state index is 13.1. The third-order valence-electron chi connectivity index (χ3n) is 2.07. The van der Waals surface area contributed by atoms with Crippen LogP contribution in [0.15, 0.2) is 34.9 Å². The Bertz CT molecular complexity index is 502. The number of nitrogens with zero attached hydrogens (tertiary/aromatic N) is 2. The van der Waals surface area contributed by atoms with Crippen molar-refractivity contribution in [3.05, 3.63) is 40.8 Å². The minimum absolute atomic E-state index is 0.333. The Balaban J connectivity index is 2.53. The van der Waals surface area contributed by atoms with Crippen LogP contribution >= 0.6 is 15.9 Å². The fraction of sp³-hybridized carbons (Fsp3) is 0.0909. The van der Waals surface area contributed by atoms with Gasteiger partial charge in [-0.2, -0.15) is 0 Å². The van der Waals surface area contributed by atoms with Gasteiger partial charge in [0.25, 0.3) is 0 Å². The average Bonchev–Trinajstić information content (AvgIpc) is 2.30. The Morgan fingerprint density at radius 2 is 2.00 bits per heavy atom. The first-order chi connectivity index (χ1) is 7.70. The zero-order valence-electron chi connectivity index (χ0n) is 8.45. The standard InChI is InChI=1S/C11H8BrFN2O/c1-16-10-4-2-7(13)6-8(10)9-3-5-11(12)15-14-9/h2-6H,1H3. The van der Waals surface area contributed by atoms with Crippen molar-refractivity contribution in [1.82, 2.24) is 10.2 Å². The topological polar surface area (TPSA) is 35.0 Å². The van der Waals surface area contributed by atoms with E-state index in [9.17, 15) is 4.39 Å². The summed E-state index contributed by atoms with van der Waals surface area (Å²) < 4.78 is 18.9. The van der Waals surface area contributed by atoms with E-state index in [2.05, 4.69) is 26.1 Å². The van der Waals surface area contributed by atoms with Crippen LogP contribution in [-0.4, -0.2) is 17.3 Å². The molecule has 1 aromatic carbocycles. The summed E-state index contributed by atoms with van der Waals surface area (Å²) in [5.41, 5.74) is 1.15. The van der Waals surface area contributed by atoms with E-state index in [1.165, 1.54) is 19.2 Å². The zero-order valence-corrected chi connectivity index (χ0v) is 10.0. The number of hydrogen-bond donors (Lipinski definition) is 0. The molecule has 0 spiro atoms. The Morgan fingerprint density at radius 1 is 1.19 bits per heavy atom. The number of aromatic nitrogens is 2. The molecule has 0 atom stereocenters. The molecule has 0 aliphatic carbocycles. The summed E-state index contributed by atoms with van der Waals surface area (Å²) in [6.07, 6.45) is 0. The summed E-state index contributed by atoms with van der Waals surface area (Å²) in [5, 5.41) is 7.80. The van der Waals surface area contributed by atoms with Crippen LogP contribution in [0.5, 0.6) is 5.75 Å². The van der Waals surface area contributed by atoms with Crippen molar-refractivity contribution in [1.29, 1.82) is 0 Å². The van der Waals surface area contributed by atoms with Crippen LogP contribution in [0.3, 0.4) is 0 Å². The molecule has 5 heteroatoms. The lowest BCUT2D eigenvalue weighted by atomic mass is 10.1. The van der Waals surface area contributed by atoms with Gasteiger partial charge in [-0.05, 0) is 46.3 Å². The van der Waals surface area contributed by atoms with Gasteiger partial charge in [-0.3, -0.25) is 0 Å². The van der Waals surface area contributed by atoms with Crippen LogP contribution in [-0.2, 0) is 0 Å². The monoisotopic (exact) mass is 282 g/mol. The molecule has 0 aliphatic rings. The molecule has 0 saturated carbocycles. The highest BCUT2D eigenvalue weighted by molar-refractivity contribution is 9.10. The Kier molecular flexibility index (Phi) is 3.14. The number of halogens is 2. The number of methoxy groups -OCH3 is 1. The van der Waals surface area contributed by atoms with Crippen LogP contribution < -0.4 is 4.74 Å². The molecule has 3 nitrogen and oxygen atoms in total. The first-order valence-electron chi connectivity index (χ1n) is 4.54. The molecule has 16 heavy (non-hydrogen) atoms. The maximum absolute atomic E-state index is 13.1. The predicted molar refractivity (Wildman–Crippen MR) is 61.7 cm³/mol. The summed E-state index contributed by atoms with van der Waals surface area (Å²) >= 11 is 3.19. The average molecular weight is 283 g/mol. The van der Waals surface area contributed by atoms with Gasteiger partial charge in [-0.15, -0.1) is 10.2 Å². The molecule has 2 rings (SSSR count). The molecular weight excluding hydrogens is 275 g/mol. The lowest BCUT2D eigenvalue weighted by molar-refractivity contribution is 0.415. The zero-order chi connectivity index (χ0) is 11.5. The van der Waals surface area contributed by atoms with E-state index >= 15 is 0 Å². The molecule has 0 N–H and O–H groups in total. The van der Waals surface area contributed by atoms with Crippen molar-refractivity contribution in [2.24, 2.45) is 0 Å². The van der Waals surface area contributed by atoms with Crippen LogP contribution in [0.1, 0.15) is 0 Å². The molecule has 0 fully saturated rings. The van der Waals surface area contributed by atoms with E-state index in [1.54, 1.807) is 18.2 Å². The van der Waals surface area contributed by atoms with Crippen molar-refractivity contribution < 1.29 is 9.13 Å². The quantitative estimate of drug-likeness (QED) is 0.849. The van der Waals surface area contributed by atoms with E-state index in [1.807, 2.05) is 0 Å². The molecule has 0 unspecified atom stereocenters. The van der Waals surface area contributed by atoms with Crippen molar-refractivity contribution >= 4 is 15.9 Å². The van der Waals surface area contributed by atoms with E-state index in [-0.39, 0.29) is 5.82 Å². The van der Waals surface area contributed by atoms with E-state index in [0.717, 1.165) is 0 Å². The van der Waals surface area contributed by atoms with Gasteiger partial charge in [0.05, 0.1) is 12.8 Å². The Labute approximate surface area is 100 Å². The van der Waals surface area contributed by atoms with Gasteiger partial charge in [0, 0.05) is 5.56 Å². The second kappa shape index (κ2) is 4.57. The number of rotatable bonds is 2. The van der Waals surface area contributed by atoms with Crippen molar-refractivity contribution in [2.75, 3.05) is 7.11 Å². The van der Waals surface area contributed by atoms with Crippen LogP contribution in [0.25, 0.3) is 11.3 Å². The summed E-state index contributed by atoms with van der Waals surface area (Å²) in [5.74, 6) is 0.235. The van der Waals surface area contributed by atoms with Gasteiger partial charge in [0.2, 0.25) is 0 Å². The third kappa shape index (κ3) is 2.19. The minimum Gasteiger partial charge on any atom is -0.496 e. The largest absolute Gasteiger partial charge is 0.496 e. The smallest absolute Gasteiger partial charge is 0.128 e. The molecule has 0 bridgehead atoms. The number of benzene rings is 1. The highest BCUT2D eigenvalue weighted by Gasteiger charge is 2.08. The van der Waals surface area contributed by atoms with E-state index in [4.69, 9.17) is 4.74 Å². The van der Waals surface area contributed by atoms with E-state index < -0.39 is 0 Å². The molecule has 1 heterocycles. The first-order valence-corrected chi connectivity index (χ1v) is 5.33. The van der Waals surface area contributed by atoms with Gasteiger partial charge >= 0.3 is 0 Å². The Morgan fingerprint density at radius 3 is 2.62 bits per heavy atom. The van der Waals surface area contributed by atoms with Gasteiger partial charge in [0.1, 0.15) is 16.2 Å².